The van der Waals surface area contributed by atoms with Crippen LogP contribution in [-0.4, -0.2) is 85.9 Å². The molecule has 3 atom stereocenters. The van der Waals surface area contributed by atoms with Crippen molar-refractivity contribution in [3.63, 3.8) is 0 Å². The minimum atomic E-state index is -4.07. The van der Waals surface area contributed by atoms with Crippen molar-refractivity contribution < 1.29 is 42.4 Å². The van der Waals surface area contributed by atoms with E-state index in [1.165, 1.54) is 37.3 Å². The number of nitrogens with one attached hydrogen (secondary N) is 1. The molecule has 0 aromatic heterocycles. The second-order valence-corrected chi connectivity index (χ2v) is 13.6. The Hall–Kier alpha value is -4.13. The highest BCUT2D eigenvalue weighted by atomic mass is 32.2. The molecular formula is C33H42N2O9S. The maximum absolute atomic E-state index is 13.3. The third-order valence-corrected chi connectivity index (χ3v) is 8.46. The maximum atomic E-state index is 13.3. The number of aliphatic hydroxyl groups excluding tert-OH is 2. The van der Waals surface area contributed by atoms with Gasteiger partial charge in [-0.25, -0.2) is 13.2 Å². The van der Waals surface area contributed by atoms with Crippen LogP contribution in [0.2, 0.25) is 0 Å². The number of nitrogens with zero attached hydrogens (tertiary/aromatic N) is 1. The highest BCUT2D eigenvalue weighted by Crippen LogP contribution is 2.20. The van der Waals surface area contributed by atoms with Crippen molar-refractivity contribution in [1.82, 2.24) is 10.2 Å². The standard InChI is InChI=1S/C33H42N2O9S/c1-33(2,3)44-32(39)35(20-24-13-9-14-25(17-24)42-4)21-29(36)28(18-23-11-7-6-8-12-23)34-31(38)30(37)22-45(40,41)27-16-10-15-26(19-27)43-5/h6-17,19,28-30,36-37H,18,20-22H2,1-5H3,(H,34,38)/t28-,29+,30?/m0/s1. The SMILES string of the molecule is COc1cccc(CN(C[C@@H](O)[C@H](Cc2ccccc2)NC(=O)C(O)CS(=O)(=O)c2cccc(OC)c2)C(=O)OC(C)(C)C)c1. The Morgan fingerprint density at radius 2 is 1.47 bits per heavy atom. The van der Waals surface area contributed by atoms with Gasteiger partial charge >= 0.3 is 6.09 Å². The molecule has 0 heterocycles. The second-order valence-electron chi connectivity index (χ2n) is 11.6. The Morgan fingerprint density at radius 1 is 0.867 bits per heavy atom. The zero-order valence-electron chi connectivity index (χ0n) is 26.2. The Morgan fingerprint density at radius 3 is 2.09 bits per heavy atom. The summed E-state index contributed by atoms with van der Waals surface area (Å²) in [7, 11) is -1.15. The highest BCUT2D eigenvalue weighted by Gasteiger charge is 2.32. The van der Waals surface area contributed by atoms with Gasteiger partial charge in [0.05, 0.1) is 43.6 Å². The molecule has 11 nitrogen and oxygen atoms in total. The summed E-state index contributed by atoms with van der Waals surface area (Å²) in [5.41, 5.74) is 0.663. The Kier molecular flexibility index (Phi) is 12.4. The smallest absolute Gasteiger partial charge is 0.410 e. The Balaban J connectivity index is 1.84. The predicted octanol–water partition coefficient (Wildman–Crippen LogP) is 3.36. The number of sulfone groups is 1. The number of hydrogen-bond donors (Lipinski definition) is 3. The topological polar surface area (TPSA) is 152 Å². The molecule has 244 valence electrons. The number of hydrogen-bond acceptors (Lipinski definition) is 9. The van der Waals surface area contributed by atoms with Crippen LogP contribution in [0.4, 0.5) is 4.79 Å². The quantitative estimate of drug-likeness (QED) is 0.240. The molecule has 0 aliphatic carbocycles. The molecule has 3 aromatic carbocycles. The van der Waals surface area contributed by atoms with E-state index in [0.29, 0.717) is 17.1 Å². The fraction of sp³-hybridized carbons (Fsp3) is 0.394. The van der Waals surface area contributed by atoms with E-state index in [4.69, 9.17) is 14.2 Å². The van der Waals surface area contributed by atoms with E-state index in [-0.39, 0.29) is 24.4 Å². The van der Waals surface area contributed by atoms with Gasteiger partial charge in [0.1, 0.15) is 23.2 Å². The normalized spacial score (nSPS) is 13.7. The number of benzene rings is 3. The first-order valence-electron chi connectivity index (χ1n) is 14.4. The van der Waals surface area contributed by atoms with Gasteiger partial charge in [0, 0.05) is 6.54 Å². The number of carbonyl (C=O) groups is 2. The Labute approximate surface area is 264 Å². The average molecular weight is 643 g/mol. The number of carbonyl (C=O) groups excluding carboxylic acids is 2. The summed E-state index contributed by atoms with van der Waals surface area (Å²) in [4.78, 5) is 27.6. The van der Waals surface area contributed by atoms with Crippen LogP contribution in [0.1, 0.15) is 31.9 Å². The third-order valence-electron chi connectivity index (χ3n) is 6.74. The van der Waals surface area contributed by atoms with Crippen molar-refractivity contribution in [3.05, 3.63) is 90.0 Å². The van der Waals surface area contributed by atoms with E-state index in [0.717, 1.165) is 5.56 Å². The minimum Gasteiger partial charge on any atom is -0.497 e. The molecule has 0 saturated heterocycles. The predicted molar refractivity (Wildman–Crippen MR) is 169 cm³/mol. The first-order chi connectivity index (χ1) is 21.2. The Bertz CT molecular complexity index is 1520. The lowest BCUT2D eigenvalue weighted by Gasteiger charge is -2.32. The van der Waals surface area contributed by atoms with Gasteiger partial charge in [0.25, 0.3) is 0 Å². The van der Waals surface area contributed by atoms with E-state index in [1.807, 2.05) is 6.07 Å². The van der Waals surface area contributed by atoms with E-state index < -0.39 is 51.4 Å². The molecule has 2 amide bonds. The van der Waals surface area contributed by atoms with Crippen LogP contribution < -0.4 is 14.8 Å². The molecule has 1 unspecified atom stereocenters. The zero-order chi connectivity index (χ0) is 33.2. The molecule has 0 saturated carbocycles. The lowest BCUT2D eigenvalue weighted by molar-refractivity contribution is -0.130. The van der Waals surface area contributed by atoms with Crippen LogP contribution >= 0.6 is 0 Å². The molecular weight excluding hydrogens is 600 g/mol. The molecule has 0 aliphatic rings. The molecule has 3 aromatic rings. The number of amides is 2. The number of aliphatic hydroxyl groups is 2. The molecule has 0 radical (unpaired) electrons. The van der Waals surface area contributed by atoms with Crippen LogP contribution in [-0.2, 0) is 32.3 Å². The fourth-order valence-corrected chi connectivity index (χ4v) is 5.82. The summed E-state index contributed by atoms with van der Waals surface area (Å²) < 4.78 is 41.9. The van der Waals surface area contributed by atoms with Crippen LogP contribution in [0.15, 0.2) is 83.8 Å². The van der Waals surface area contributed by atoms with Crippen molar-refractivity contribution in [3.8, 4) is 11.5 Å². The first-order valence-corrected chi connectivity index (χ1v) is 16.0. The number of rotatable bonds is 14. The second kappa shape index (κ2) is 15.7. The summed E-state index contributed by atoms with van der Waals surface area (Å²) in [5, 5.41) is 24.8. The largest absolute Gasteiger partial charge is 0.497 e. The fourth-order valence-electron chi connectivity index (χ4n) is 4.48. The van der Waals surface area contributed by atoms with Gasteiger partial charge in [-0.1, -0.05) is 48.5 Å². The van der Waals surface area contributed by atoms with E-state index in [2.05, 4.69) is 5.32 Å². The van der Waals surface area contributed by atoms with Crippen molar-refractivity contribution in [2.45, 2.75) is 62.5 Å². The zero-order valence-corrected chi connectivity index (χ0v) is 27.0. The molecule has 3 N–H and O–H groups in total. The van der Waals surface area contributed by atoms with E-state index >= 15 is 0 Å². The van der Waals surface area contributed by atoms with Gasteiger partial charge in [0.15, 0.2) is 9.84 Å². The molecule has 0 aliphatic heterocycles. The number of methoxy groups -OCH3 is 2. The molecule has 0 bridgehead atoms. The van der Waals surface area contributed by atoms with E-state index in [9.17, 15) is 28.2 Å². The highest BCUT2D eigenvalue weighted by molar-refractivity contribution is 7.91. The molecule has 0 fully saturated rings. The molecule has 0 spiro atoms. The average Bonchev–Trinajstić information content (AvgIpc) is 2.99. The van der Waals surface area contributed by atoms with Crippen LogP contribution in [0.3, 0.4) is 0 Å². The third kappa shape index (κ3) is 11.1. The summed E-state index contributed by atoms with van der Waals surface area (Å²) in [6.07, 6.45) is -3.83. The lowest BCUT2D eigenvalue weighted by Crippen LogP contribution is -2.53. The van der Waals surface area contributed by atoms with Crippen molar-refractivity contribution in [2.24, 2.45) is 0 Å². The van der Waals surface area contributed by atoms with Gasteiger partial charge in [-0.05, 0) is 68.7 Å². The summed E-state index contributed by atoms with van der Waals surface area (Å²) >= 11 is 0. The molecule has 12 heteroatoms. The van der Waals surface area contributed by atoms with E-state index in [1.54, 1.807) is 75.4 Å². The van der Waals surface area contributed by atoms with Crippen LogP contribution in [0.5, 0.6) is 11.5 Å². The lowest BCUT2D eigenvalue weighted by atomic mass is 10.00. The van der Waals surface area contributed by atoms with Gasteiger partial charge in [-0.3, -0.25) is 4.79 Å². The minimum absolute atomic E-state index is 0.0661. The monoisotopic (exact) mass is 642 g/mol. The van der Waals surface area contributed by atoms with Crippen LogP contribution in [0.25, 0.3) is 0 Å². The summed E-state index contributed by atoms with van der Waals surface area (Å²) in [6.45, 7) is 5.00. The number of ether oxygens (including phenoxy) is 3. The van der Waals surface area contributed by atoms with Gasteiger partial charge in [-0.15, -0.1) is 0 Å². The maximum Gasteiger partial charge on any atom is 0.410 e. The first kappa shape index (κ1) is 35.4. The summed E-state index contributed by atoms with van der Waals surface area (Å²) in [5.74, 6) is -0.980. The van der Waals surface area contributed by atoms with Crippen LogP contribution in [0, 0.1) is 0 Å². The van der Waals surface area contributed by atoms with Gasteiger partial charge in [0.2, 0.25) is 5.91 Å². The van der Waals surface area contributed by atoms with Gasteiger partial charge < -0.3 is 34.6 Å². The van der Waals surface area contributed by atoms with Crippen molar-refractivity contribution in [1.29, 1.82) is 0 Å². The molecule has 3 rings (SSSR count). The van der Waals surface area contributed by atoms with Gasteiger partial charge in [-0.2, -0.15) is 0 Å². The summed E-state index contributed by atoms with van der Waals surface area (Å²) in [6, 6.07) is 20.8. The molecule has 45 heavy (non-hydrogen) atoms. The van der Waals surface area contributed by atoms with Crippen molar-refractivity contribution >= 4 is 21.8 Å². The van der Waals surface area contributed by atoms with Crippen molar-refractivity contribution in [2.75, 3.05) is 26.5 Å².